The second kappa shape index (κ2) is 7.46. The van der Waals surface area contributed by atoms with Crippen molar-refractivity contribution in [3.8, 4) is 5.75 Å². The Balaban J connectivity index is 2.07. The van der Waals surface area contributed by atoms with Gasteiger partial charge in [0.05, 0.1) is 7.11 Å². The van der Waals surface area contributed by atoms with Crippen molar-refractivity contribution in [1.29, 1.82) is 0 Å². The number of benzene rings is 2. The van der Waals surface area contributed by atoms with Crippen LogP contribution in [0.2, 0.25) is 0 Å². The summed E-state index contributed by atoms with van der Waals surface area (Å²) in [7, 11) is 3.18. The van der Waals surface area contributed by atoms with Crippen molar-refractivity contribution < 1.29 is 19.1 Å². The molecule has 0 bridgehead atoms. The van der Waals surface area contributed by atoms with Gasteiger partial charge in [-0.3, -0.25) is 14.4 Å². The van der Waals surface area contributed by atoms with Crippen molar-refractivity contribution in [3.63, 3.8) is 0 Å². The van der Waals surface area contributed by atoms with E-state index < -0.39 is 5.54 Å². The van der Waals surface area contributed by atoms with Gasteiger partial charge in [0.15, 0.2) is 11.3 Å². The monoisotopic (exact) mass is 380 g/mol. The number of hydrogen-bond acceptors (Lipinski definition) is 4. The molecule has 0 saturated heterocycles. The molecule has 2 amide bonds. The van der Waals surface area contributed by atoms with Crippen molar-refractivity contribution in [3.05, 3.63) is 59.7 Å². The molecule has 1 aliphatic heterocycles. The molecule has 3 rings (SSSR count). The first kappa shape index (κ1) is 19.6. The highest BCUT2D eigenvalue weighted by Gasteiger charge is 2.52. The summed E-state index contributed by atoms with van der Waals surface area (Å²) < 4.78 is 5.19. The predicted molar refractivity (Wildman–Crippen MR) is 106 cm³/mol. The number of Topliss-reactive ketones (excluding diaryl/α,β-unsaturated/α-hetero) is 1. The molecule has 2 aromatic rings. The van der Waals surface area contributed by atoms with Crippen molar-refractivity contribution in [2.45, 2.75) is 25.8 Å². The first-order valence-corrected chi connectivity index (χ1v) is 9.17. The summed E-state index contributed by atoms with van der Waals surface area (Å²) in [4.78, 5) is 40.4. The van der Waals surface area contributed by atoms with E-state index in [1.807, 2.05) is 12.1 Å². The number of amides is 2. The van der Waals surface area contributed by atoms with Crippen LogP contribution in [0, 0.1) is 5.92 Å². The maximum atomic E-state index is 13.3. The van der Waals surface area contributed by atoms with E-state index in [0.717, 1.165) is 0 Å². The third-order valence-corrected chi connectivity index (χ3v) is 5.07. The van der Waals surface area contributed by atoms with Crippen LogP contribution in [0.15, 0.2) is 48.5 Å². The number of carbonyl (C=O) groups excluding carboxylic acids is 3. The van der Waals surface area contributed by atoms with Gasteiger partial charge in [-0.2, -0.15) is 0 Å². The average Bonchev–Trinajstić information content (AvgIpc) is 2.90. The zero-order valence-corrected chi connectivity index (χ0v) is 16.5. The molecule has 2 aromatic carbocycles. The topological polar surface area (TPSA) is 75.7 Å². The number of ketones is 1. The van der Waals surface area contributed by atoms with Gasteiger partial charge in [0.2, 0.25) is 5.91 Å². The molecule has 1 aliphatic rings. The van der Waals surface area contributed by atoms with Gasteiger partial charge in [0.25, 0.3) is 5.91 Å². The van der Waals surface area contributed by atoms with Crippen molar-refractivity contribution in [2.75, 3.05) is 19.1 Å². The highest BCUT2D eigenvalue weighted by molar-refractivity contribution is 6.12. The van der Waals surface area contributed by atoms with E-state index >= 15 is 0 Å². The van der Waals surface area contributed by atoms with Gasteiger partial charge in [-0.05, 0) is 18.2 Å². The van der Waals surface area contributed by atoms with Gasteiger partial charge < -0.3 is 15.0 Å². The quantitative estimate of drug-likeness (QED) is 0.782. The highest BCUT2D eigenvalue weighted by atomic mass is 16.5. The van der Waals surface area contributed by atoms with Crippen LogP contribution in [0.4, 0.5) is 5.69 Å². The van der Waals surface area contributed by atoms with Gasteiger partial charge in [-0.15, -0.1) is 0 Å². The third-order valence-electron chi connectivity index (χ3n) is 5.07. The molecule has 0 aliphatic carbocycles. The number of rotatable bonds is 6. The molecule has 6 heteroatoms. The number of para-hydroxylation sites is 1. The summed E-state index contributed by atoms with van der Waals surface area (Å²) >= 11 is 0. The number of nitrogens with one attached hydrogen (secondary N) is 1. The van der Waals surface area contributed by atoms with E-state index in [1.165, 1.54) is 12.0 Å². The molecule has 0 spiro atoms. The van der Waals surface area contributed by atoms with E-state index in [-0.39, 0.29) is 29.9 Å². The smallest absolute Gasteiger partial charge is 0.257 e. The van der Waals surface area contributed by atoms with Crippen LogP contribution in [0.5, 0.6) is 5.75 Å². The lowest BCUT2D eigenvalue weighted by molar-refractivity contribution is -0.133. The fourth-order valence-corrected chi connectivity index (χ4v) is 3.47. The molecular formula is C22H24N2O4. The Bertz CT molecular complexity index is 938. The maximum absolute atomic E-state index is 13.3. The van der Waals surface area contributed by atoms with E-state index in [1.54, 1.807) is 57.3 Å². The lowest BCUT2D eigenvalue weighted by atomic mass is 9.84. The maximum Gasteiger partial charge on any atom is 0.257 e. The second-order valence-electron chi connectivity index (χ2n) is 7.26. The number of ether oxygens (including phenoxy) is 1. The summed E-state index contributed by atoms with van der Waals surface area (Å²) in [5, 5.41) is 2.88. The molecule has 6 nitrogen and oxygen atoms in total. The number of anilines is 1. The molecule has 0 aromatic heterocycles. The van der Waals surface area contributed by atoms with Crippen molar-refractivity contribution >= 4 is 23.3 Å². The van der Waals surface area contributed by atoms with Gasteiger partial charge in [0.1, 0.15) is 5.75 Å². The molecule has 0 radical (unpaired) electrons. The number of nitrogens with zero attached hydrogens (tertiary/aromatic N) is 1. The van der Waals surface area contributed by atoms with Gasteiger partial charge >= 0.3 is 0 Å². The zero-order chi connectivity index (χ0) is 20.5. The van der Waals surface area contributed by atoms with Crippen LogP contribution < -0.4 is 15.0 Å². The predicted octanol–water partition coefficient (Wildman–Crippen LogP) is 2.91. The molecule has 0 unspecified atom stereocenters. The molecule has 1 heterocycles. The standard InChI is InChI=1S/C22H24N2O4/c1-14(2)20(26)23-22(13-19(25)15-8-7-9-16(12-15)28-4)17-10-5-6-11-18(17)24(3)21(22)27/h5-12,14H,13H2,1-4H3,(H,23,26)/t22-/m1/s1. The Kier molecular flexibility index (Phi) is 5.23. The molecule has 0 saturated carbocycles. The first-order chi connectivity index (χ1) is 13.3. The Morgan fingerprint density at radius 3 is 2.54 bits per heavy atom. The SMILES string of the molecule is COc1cccc(C(=O)C[C@]2(NC(=O)C(C)C)C(=O)N(C)c3ccccc32)c1. The number of methoxy groups -OCH3 is 1. The number of likely N-dealkylation sites (N-methyl/N-ethyl adjacent to an activating group) is 1. The highest BCUT2D eigenvalue weighted by Crippen LogP contribution is 2.42. The molecule has 1 atom stereocenters. The minimum atomic E-state index is -1.42. The Hall–Kier alpha value is -3.15. The largest absolute Gasteiger partial charge is 0.497 e. The number of hydrogen-bond donors (Lipinski definition) is 1. The van der Waals surface area contributed by atoms with Crippen LogP contribution >= 0.6 is 0 Å². The molecular weight excluding hydrogens is 356 g/mol. The zero-order valence-electron chi connectivity index (χ0n) is 16.5. The Morgan fingerprint density at radius 1 is 1.14 bits per heavy atom. The lowest BCUT2D eigenvalue weighted by Crippen LogP contribution is -2.54. The fourth-order valence-electron chi connectivity index (χ4n) is 3.47. The molecule has 28 heavy (non-hydrogen) atoms. The van der Waals surface area contributed by atoms with Gasteiger partial charge in [0, 0.05) is 36.2 Å². The minimum Gasteiger partial charge on any atom is -0.497 e. The summed E-state index contributed by atoms with van der Waals surface area (Å²) in [5.41, 5.74) is 0.326. The van der Waals surface area contributed by atoms with Gasteiger partial charge in [-0.1, -0.05) is 44.2 Å². The van der Waals surface area contributed by atoms with E-state index in [4.69, 9.17) is 4.74 Å². The summed E-state index contributed by atoms with van der Waals surface area (Å²) in [5.74, 6) is -0.617. The van der Waals surface area contributed by atoms with Crippen LogP contribution in [-0.4, -0.2) is 31.8 Å². The fraction of sp³-hybridized carbons (Fsp3) is 0.318. The summed E-state index contributed by atoms with van der Waals surface area (Å²) in [6.07, 6.45) is -0.168. The number of fused-ring (bicyclic) bond motifs is 1. The van der Waals surface area contributed by atoms with Crippen LogP contribution in [-0.2, 0) is 15.1 Å². The normalized spacial score (nSPS) is 18.2. The van der Waals surface area contributed by atoms with E-state index in [2.05, 4.69) is 5.32 Å². The lowest BCUT2D eigenvalue weighted by Gasteiger charge is -2.30. The first-order valence-electron chi connectivity index (χ1n) is 9.17. The molecule has 1 N–H and O–H groups in total. The third kappa shape index (κ3) is 3.26. The van der Waals surface area contributed by atoms with Crippen molar-refractivity contribution in [2.24, 2.45) is 5.92 Å². The van der Waals surface area contributed by atoms with Crippen LogP contribution in [0.25, 0.3) is 0 Å². The summed E-state index contributed by atoms with van der Waals surface area (Å²) in [6.45, 7) is 3.50. The van der Waals surface area contributed by atoms with E-state index in [9.17, 15) is 14.4 Å². The van der Waals surface area contributed by atoms with Gasteiger partial charge in [-0.25, -0.2) is 0 Å². The minimum absolute atomic E-state index is 0.168. The number of carbonyl (C=O) groups is 3. The van der Waals surface area contributed by atoms with E-state index in [0.29, 0.717) is 22.6 Å². The second-order valence-corrected chi connectivity index (χ2v) is 7.26. The Morgan fingerprint density at radius 2 is 1.86 bits per heavy atom. The average molecular weight is 380 g/mol. The summed E-state index contributed by atoms with van der Waals surface area (Å²) in [6, 6.07) is 14.0. The van der Waals surface area contributed by atoms with Crippen molar-refractivity contribution in [1.82, 2.24) is 5.32 Å². The Labute approximate surface area is 164 Å². The molecule has 146 valence electrons. The van der Waals surface area contributed by atoms with Crippen LogP contribution in [0.1, 0.15) is 36.2 Å². The molecule has 0 fully saturated rings. The van der Waals surface area contributed by atoms with Crippen LogP contribution in [0.3, 0.4) is 0 Å².